The monoisotopic (exact) mass is 365 g/mol. The van der Waals surface area contributed by atoms with Crippen LogP contribution in [0.1, 0.15) is 35.2 Å². The molecule has 0 aliphatic heterocycles. The fourth-order valence-corrected chi connectivity index (χ4v) is 3.24. The number of amides is 2. The summed E-state index contributed by atoms with van der Waals surface area (Å²) in [6.07, 6.45) is 2.29. The lowest BCUT2D eigenvalue weighted by Gasteiger charge is -2.17. The molecule has 0 aliphatic rings. The number of benzene rings is 2. The van der Waals surface area contributed by atoms with E-state index >= 15 is 0 Å². The van der Waals surface area contributed by atoms with Gasteiger partial charge >= 0.3 is 0 Å². The smallest absolute Gasteiger partial charge is 0.259 e. The molecule has 1 aromatic heterocycles. The number of thiazole rings is 1. The zero-order valence-electron chi connectivity index (χ0n) is 14.3. The molecular weight excluding hydrogens is 346 g/mol. The summed E-state index contributed by atoms with van der Waals surface area (Å²) >= 11 is 1.34. The first-order valence-corrected chi connectivity index (χ1v) is 9.22. The quantitative estimate of drug-likeness (QED) is 0.674. The predicted molar refractivity (Wildman–Crippen MR) is 105 cm³/mol. The van der Waals surface area contributed by atoms with E-state index in [-0.39, 0.29) is 17.7 Å². The second-order valence-electron chi connectivity index (χ2n) is 5.70. The van der Waals surface area contributed by atoms with Gasteiger partial charge in [-0.25, -0.2) is 4.98 Å². The lowest BCUT2D eigenvalue weighted by molar-refractivity contribution is -0.117. The zero-order valence-corrected chi connectivity index (χ0v) is 15.1. The van der Waals surface area contributed by atoms with E-state index in [0.717, 1.165) is 5.56 Å². The molecule has 6 heteroatoms. The molecule has 0 radical (unpaired) electrons. The molecule has 0 saturated heterocycles. The molecule has 1 heterocycles. The molecule has 26 heavy (non-hydrogen) atoms. The molecular formula is C20H19N3O2S. The number of hydrogen-bond acceptors (Lipinski definition) is 4. The van der Waals surface area contributed by atoms with Crippen LogP contribution >= 0.6 is 11.3 Å². The Labute approximate surface area is 156 Å². The van der Waals surface area contributed by atoms with Crippen LogP contribution in [-0.2, 0) is 4.79 Å². The summed E-state index contributed by atoms with van der Waals surface area (Å²) in [4.78, 5) is 29.4. The molecule has 2 N–H and O–H groups in total. The third-order valence-electron chi connectivity index (χ3n) is 4.01. The first kappa shape index (κ1) is 17.8. The highest BCUT2D eigenvalue weighted by atomic mass is 32.1. The molecule has 5 nitrogen and oxygen atoms in total. The summed E-state index contributed by atoms with van der Waals surface area (Å²) in [5, 5.41) is 7.95. The molecule has 0 aliphatic carbocycles. The molecule has 3 aromatic rings. The van der Waals surface area contributed by atoms with Crippen molar-refractivity contribution in [3.8, 4) is 0 Å². The summed E-state index contributed by atoms with van der Waals surface area (Å²) in [5.74, 6) is -0.705. The number of nitrogens with one attached hydrogen (secondary N) is 2. The maximum atomic E-state index is 12.8. The third kappa shape index (κ3) is 4.15. The summed E-state index contributed by atoms with van der Waals surface area (Å²) in [6.45, 7) is 1.97. The molecule has 1 unspecified atom stereocenters. The van der Waals surface area contributed by atoms with E-state index in [4.69, 9.17) is 0 Å². The van der Waals surface area contributed by atoms with Gasteiger partial charge in [0.2, 0.25) is 5.91 Å². The largest absolute Gasteiger partial charge is 0.325 e. The van der Waals surface area contributed by atoms with Crippen molar-refractivity contribution in [1.29, 1.82) is 0 Å². The van der Waals surface area contributed by atoms with Crippen LogP contribution in [0.3, 0.4) is 0 Å². The Kier molecular flexibility index (Phi) is 5.76. The average Bonchev–Trinajstić information content (AvgIpc) is 3.16. The maximum absolute atomic E-state index is 12.8. The Morgan fingerprint density at radius 3 is 2.46 bits per heavy atom. The summed E-state index contributed by atoms with van der Waals surface area (Å²) in [5.41, 5.74) is 1.84. The third-order valence-corrected chi connectivity index (χ3v) is 4.70. The van der Waals surface area contributed by atoms with Gasteiger partial charge in [-0.1, -0.05) is 49.4 Å². The van der Waals surface area contributed by atoms with E-state index in [1.807, 2.05) is 37.3 Å². The minimum absolute atomic E-state index is 0.131. The Bertz CT molecular complexity index is 879. The first-order chi connectivity index (χ1) is 12.7. The van der Waals surface area contributed by atoms with Crippen molar-refractivity contribution in [1.82, 2.24) is 4.98 Å². The predicted octanol–water partition coefficient (Wildman–Crippen LogP) is 4.53. The molecule has 1 atom stereocenters. The van der Waals surface area contributed by atoms with Crippen LogP contribution in [0.2, 0.25) is 0 Å². The van der Waals surface area contributed by atoms with Gasteiger partial charge in [0.15, 0.2) is 5.13 Å². The SMILES string of the molecule is CCC(C(=O)Nc1ccccc1C(=O)Nc1nccs1)c1ccccc1. The van der Waals surface area contributed by atoms with Crippen LogP contribution in [0.25, 0.3) is 0 Å². The van der Waals surface area contributed by atoms with Gasteiger partial charge in [0.25, 0.3) is 5.91 Å². The van der Waals surface area contributed by atoms with Crippen molar-refractivity contribution in [2.24, 2.45) is 0 Å². The van der Waals surface area contributed by atoms with E-state index < -0.39 is 0 Å². The number of nitrogens with zero attached hydrogens (tertiary/aromatic N) is 1. The van der Waals surface area contributed by atoms with Crippen molar-refractivity contribution in [3.63, 3.8) is 0 Å². The van der Waals surface area contributed by atoms with Gasteiger partial charge in [-0.15, -0.1) is 11.3 Å². The summed E-state index contributed by atoms with van der Waals surface area (Å²) in [7, 11) is 0. The van der Waals surface area contributed by atoms with Gasteiger partial charge < -0.3 is 5.32 Å². The van der Waals surface area contributed by atoms with Gasteiger partial charge in [-0.3, -0.25) is 14.9 Å². The fourth-order valence-electron chi connectivity index (χ4n) is 2.72. The summed E-state index contributed by atoms with van der Waals surface area (Å²) < 4.78 is 0. The zero-order chi connectivity index (χ0) is 18.4. The highest BCUT2D eigenvalue weighted by molar-refractivity contribution is 7.13. The molecule has 0 fully saturated rings. The molecule has 132 valence electrons. The number of para-hydroxylation sites is 1. The van der Waals surface area contributed by atoms with E-state index in [1.54, 1.807) is 35.8 Å². The number of rotatable bonds is 6. The van der Waals surface area contributed by atoms with Crippen LogP contribution in [0.5, 0.6) is 0 Å². The number of carbonyl (C=O) groups is 2. The highest BCUT2D eigenvalue weighted by Gasteiger charge is 2.21. The van der Waals surface area contributed by atoms with Crippen LogP contribution in [0, 0.1) is 0 Å². The van der Waals surface area contributed by atoms with Gasteiger partial charge in [0, 0.05) is 11.6 Å². The number of hydrogen-bond donors (Lipinski definition) is 2. The lowest BCUT2D eigenvalue weighted by Crippen LogP contribution is -2.23. The van der Waals surface area contributed by atoms with Crippen molar-refractivity contribution < 1.29 is 9.59 Å². The molecule has 0 bridgehead atoms. The van der Waals surface area contributed by atoms with Gasteiger partial charge in [0.1, 0.15) is 0 Å². The Hall–Kier alpha value is -2.99. The van der Waals surface area contributed by atoms with Crippen molar-refractivity contribution in [2.45, 2.75) is 19.3 Å². The lowest BCUT2D eigenvalue weighted by atomic mass is 9.95. The Morgan fingerprint density at radius 1 is 1.04 bits per heavy atom. The van der Waals surface area contributed by atoms with Crippen LogP contribution in [-0.4, -0.2) is 16.8 Å². The molecule has 0 saturated carbocycles. The van der Waals surface area contributed by atoms with E-state index in [0.29, 0.717) is 22.8 Å². The van der Waals surface area contributed by atoms with Gasteiger partial charge in [0.05, 0.1) is 17.2 Å². The van der Waals surface area contributed by atoms with E-state index in [9.17, 15) is 9.59 Å². The molecule has 2 aromatic carbocycles. The minimum Gasteiger partial charge on any atom is -0.325 e. The molecule has 3 rings (SSSR count). The second kappa shape index (κ2) is 8.40. The van der Waals surface area contributed by atoms with Gasteiger partial charge in [-0.2, -0.15) is 0 Å². The van der Waals surface area contributed by atoms with E-state index in [1.165, 1.54) is 11.3 Å². The topological polar surface area (TPSA) is 71.1 Å². The van der Waals surface area contributed by atoms with E-state index in [2.05, 4.69) is 15.6 Å². The number of anilines is 2. The van der Waals surface area contributed by atoms with Crippen LogP contribution in [0.15, 0.2) is 66.2 Å². The van der Waals surface area contributed by atoms with Gasteiger partial charge in [-0.05, 0) is 24.1 Å². The Morgan fingerprint density at radius 2 is 1.77 bits per heavy atom. The maximum Gasteiger partial charge on any atom is 0.259 e. The number of aromatic nitrogens is 1. The molecule has 2 amide bonds. The van der Waals surface area contributed by atoms with Crippen molar-refractivity contribution in [3.05, 3.63) is 77.3 Å². The van der Waals surface area contributed by atoms with Crippen LogP contribution < -0.4 is 10.6 Å². The number of carbonyl (C=O) groups excluding carboxylic acids is 2. The standard InChI is InChI=1S/C20H19N3O2S/c1-2-15(14-8-4-3-5-9-14)18(24)22-17-11-7-6-10-16(17)19(25)23-20-21-12-13-26-20/h3-13,15H,2H2,1H3,(H,22,24)(H,21,23,25). The fraction of sp³-hybridized carbons (Fsp3) is 0.150. The van der Waals surface area contributed by atoms with Crippen molar-refractivity contribution in [2.75, 3.05) is 10.6 Å². The first-order valence-electron chi connectivity index (χ1n) is 8.34. The highest BCUT2D eigenvalue weighted by Crippen LogP contribution is 2.24. The second-order valence-corrected chi connectivity index (χ2v) is 6.59. The average molecular weight is 365 g/mol. The Balaban J connectivity index is 1.79. The summed E-state index contributed by atoms with van der Waals surface area (Å²) in [6, 6.07) is 16.6. The minimum atomic E-state index is -0.302. The van der Waals surface area contributed by atoms with Crippen molar-refractivity contribution >= 4 is 34.0 Å². The van der Waals surface area contributed by atoms with Crippen LogP contribution in [0.4, 0.5) is 10.8 Å². The normalized spacial score (nSPS) is 11.6. The molecule has 0 spiro atoms.